The van der Waals surface area contributed by atoms with E-state index >= 15 is 0 Å². The molecule has 1 aliphatic rings. The predicted molar refractivity (Wildman–Crippen MR) is 121 cm³/mol. The molecule has 6 nitrogen and oxygen atoms in total. The number of nitrogens with one attached hydrogen (secondary N) is 1. The Morgan fingerprint density at radius 2 is 2.06 bits per heavy atom. The molecule has 1 aromatic carbocycles. The summed E-state index contributed by atoms with van der Waals surface area (Å²) in [6.07, 6.45) is 6.86. The van der Waals surface area contributed by atoms with Gasteiger partial charge >= 0.3 is 0 Å². The lowest BCUT2D eigenvalue weighted by molar-refractivity contribution is -0.120. The maximum absolute atomic E-state index is 12.4. The number of thiazole rings is 1. The van der Waals surface area contributed by atoms with Crippen molar-refractivity contribution in [2.75, 3.05) is 6.61 Å². The van der Waals surface area contributed by atoms with Crippen LogP contribution in [0.25, 0.3) is 10.6 Å². The molecule has 1 saturated carbocycles. The van der Waals surface area contributed by atoms with Gasteiger partial charge in [-0.3, -0.25) is 4.79 Å². The number of carbonyl (C=O) groups excluding carboxylic acids is 1. The van der Waals surface area contributed by atoms with Gasteiger partial charge in [-0.1, -0.05) is 12.1 Å². The summed E-state index contributed by atoms with van der Waals surface area (Å²) in [5, 5.41) is 5.75. The minimum Gasteiger partial charge on any atom is -0.493 e. The summed E-state index contributed by atoms with van der Waals surface area (Å²) in [4.78, 5) is 21.4. The molecular formula is C24H27N3O3S. The zero-order valence-corrected chi connectivity index (χ0v) is 18.5. The van der Waals surface area contributed by atoms with Crippen LogP contribution in [0.4, 0.5) is 0 Å². The van der Waals surface area contributed by atoms with Gasteiger partial charge < -0.3 is 14.8 Å². The van der Waals surface area contributed by atoms with Gasteiger partial charge in [-0.05, 0) is 56.4 Å². The lowest BCUT2D eigenvalue weighted by Crippen LogP contribution is -2.24. The van der Waals surface area contributed by atoms with E-state index in [1.807, 2.05) is 48.7 Å². The molecule has 7 heteroatoms. The van der Waals surface area contributed by atoms with E-state index in [0.29, 0.717) is 19.0 Å². The Labute approximate surface area is 186 Å². The highest BCUT2D eigenvalue weighted by atomic mass is 32.1. The van der Waals surface area contributed by atoms with Crippen LogP contribution in [0, 0.1) is 0 Å². The average Bonchev–Trinajstić information content (AvgIpc) is 3.46. The quantitative estimate of drug-likeness (QED) is 0.521. The van der Waals surface area contributed by atoms with Crippen molar-refractivity contribution in [1.29, 1.82) is 0 Å². The third-order valence-corrected chi connectivity index (χ3v) is 6.11. The summed E-state index contributed by atoms with van der Waals surface area (Å²) >= 11 is 1.52. The zero-order chi connectivity index (χ0) is 21.5. The minimum atomic E-state index is -0.0648. The predicted octanol–water partition coefficient (Wildman–Crippen LogP) is 4.78. The first-order valence-corrected chi connectivity index (χ1v) is 11.6. The van der Waals surface area contributed by atoms with Crippen LogP contribution < -0.4 is 14.8 Å². The van der Waals surface area contributed by atoms with E-state index in [9.17, 15) is 4.79 Å². The van der Waals surface area contributed by atoms with Crippen molar-refractivity contribution in [1.82, 2.24) is 15.3 Å². The smallest absolute Gasteiger partial charge is 0.226 e. The molecule has 1 aliphatic carbocycles. The molecule has 4 rings (SSSR count). The number of rotatable bonds is 9. The molecule has 0 spiro atoms. The van der Waals surface area contributed by atoms with E-state index in [1.54, 1.807) is 6.20 Å². The Hall–Kier alpha value is -2.93. The summed E-state index contributed by atoms with van der Waals surface area (Å²) in [5.41, 5.74) is 2.68. The van der Waals surface area contributed by atoms with Crippen molar-refractivity contribution < 1.29 is 14.3 Å². The van der Waals surface area contributed by atoms with Gasteiger partial charge in [-0.15, -0.1) is 11.3 Å². The van der Waals surface area contributed by atoms with Crippen LogP contribution in [0.5, 0.6) is 11.6 Å². The fourth-order valence-electron chi connectivity index (χ4n) is 3.67. The summed E-state index contributed by atoms with van der Waals surface area (Å²) < 4.78 is 11.6. The molecule has 2 aromatic heterocycles. The summed E-state index contributed by atoms with van der Waals surface area (Å²) in [6, 6.07) is 11.6. The zero-order valence-electron chi connectivity index (χ0n) is 17.7. The summed E-state index contributed by atoms with van der Waals surface area (Å²) in [7, 11) is 0. The van der Waals surface area contributed by atoms with Crippen LogP contribution in [0.3, 0.4) is 0 Å². The Kier molecular flexibility index (Phi) is 7.14. The lowest BCUT2D eigenvalue weighted by atomic mass is 10.2. The normalized spacial score (nSPS) is 13.8. The monoisotopic (exact) mass is 437 g/mol. The highest BCUT2D eigenvalue weighted by molar-refractivity contribution is 7.13. The number of benzene rings is 1. The number of aromatic nitrogens is 2. The van der Waals surface area contributed by atoms with Crippen molar-refractivity contribution in [2.45, 2.75) is 51.7 Å². The Morgan fingerprint density at radius 1 is 1.23 bits per heavy atom. The van der Waals surface area contributed by atoms with Crippen molar-refractivity contribution >= 4 is 17.2 Å². The molecule has 0 aliphatic heterocycles. The van der Waals surface area contributed by atoms with Crippen molar-refractivity contribution in [2.24, 2.45) is 0 Å². The molecule has 3 aromatic rings. The van der Waals surface area contributed by atoms with Crippen molar-refractivity contribution in [3.8, 4) is 22.2 Å². The molecule has 0 atom stereocenters. The average molecular weight is 438 g/mol. The molecule has 0 radical (unpaired) electrons. The van der Waals surface area contributed by atoms with Crippen molar-refractivity contribution in [3.63, 3.8) is 0 Å². The SMILES string of the molecule is CCOc1ccccc1-c1nc(CC(=O)NCc2ccnc(OC3CCCC3)c2)cs1. The first-order valence-electron chi connectivity index (χ1n) is 10.8. The van der Waals surface area contributed by atoms with Crippen molar-refractivity contribution in [3.05, 3.63) is 59.2 Å². The van der Waals surface area contributed by atoms with E-state index in [4.69, 9.17) is 9.47 Å². The van der Waals surface area contributed by atoms with Crippen LogP contribution in [0.1, 0.15) is 43.9 Å². The summed E-state index contributed by atoms with van der Waals surface area (Å²) in [6.45, 7) is 2.99. The number of ether oxygens (including phenoxy) is 2. The molecule has 1 N–H and O–H groups in total. The van der Waals surface area contributed by atoms with Gasteiger partial charge in [0.1, 0.15) is 16.9 Å². The Morgan fingerprint density at radius 3 is 2.90 bits per heavy atom. The molecule has 0 saturated heterocycles. The maximum Gasteiger partial charge on any atom is 0.226 e. The molecule has 0 unspecified atom stereocenters. The second kappa shape index (κ2) is 10.4. The Balaban J connectivity index is 1.32. The first kappa shape index (κ1) is 21.3. The minimum absolute atomic E-state index is 0.0648. The first-order chi connectivity index (χ1) is 15.2. The number of nitrogens with zero attached hydrogens (tertiary/aromatic N) is 2. The molecule has 1 amide bonds. The van der Waals surface area contributed by atoms with Crippen LogP contribution in [0.2, 0.25) is 0 Å². The molecule has 0 bridgehead atoms. The van der Waals surface area contributed by atoms with Gasteiger partial charge in [0, 0.05) is 24.2 Å². The molecule has 162 valence electrons. The van der Waals surface area contributed by atoms with Crippen LogP contribution in [0.15, 0.2) is 48.0 Å². The number of hydrogen-bond donors (Lipinski definition) is 1. The molecule has 2 heterocycles. The van der Waals surface area contributed by atoms with Crippen LogP contribution in [-0.2, 0) is 17.8 Å². The maximum atomic E-state index is 12.4. The second-order valence-electron chi connectivity index (χ2n) is 7.55. The van der Waals surface area contributed by atoms with Gasteiger partial charge in [-0.2, -0.15) is 0 Å². The molecule has 31 heavy (non-hydrogen) atoms. The van der Waals surface area contributed by atoms with E-state index in [2.05, 4.69) is 15.3 Å². The third kappa shape index (κ3) is 5.82. The fraction of sp³-hybridized carbons (Fsp3) is 0.375. The highest BCUT2D eigenvalue weighted by Gasteiger charge is 2.17. The van der Waals surface area contributed by atoms with E-state index in [1.165, 1.54) is 24.2 Å². The molecular weight excluding hydrogens is 410 g/mol. The topological polar surface area (TPSA) is 73.3 Å². The Bertz CT molecular complexity index is 1010. The van der Waals surface area contributed by atoms with Gasteiger partial charge in [0.25, 0.3) is 0 Å². The van der Waals surface area contributed by atoms with E-state index < -0.39 is 0 Å². The number of pyridine rings is 1. The lowest BCUT2D eigenvalue weighted by Gasteiger charge is -2.12. The summed E-state index contributed by atoms with van der Waals surface area (Å²) in [5.74, 6) is 1.38. The van der Waals surface area contributed by atoms with Crippen LogP contribution >= 0.6 is 11.3 Å². The standard InChI is InChI=1S/C24H27N3O3S/c1-2-29-21-10-6-5-9-20(21)24-27-18(16-31-24)14-22(28)26-15-17-11-12-25-23(13-17)30-19-7-3-4-8-19/h5-6,9-13,16,19H,2-4,7-8,14-15H2,1H3,(H,26,28). The number of carbonyl (C=O) groups is 1. The van der Waals surface area contributed by atoms with Gasteiger partial charge in [-0.25, -0.2) is 9.97 Å². The largest absolute Gasteiger partial charge is 0.493 e. The molecule has 1 fully saturated rings. The number of hydrogen-bond acceptors (Lipinski definition) is 6. The number of amides is 1. The fourth-order valence-corrected chi connectivity index (χ4v) is 4.52. The third-order valence-electron chi connectivity index (χ3n) is 5.19. The van der Waals surface area contributed by atoms with Gasteiger partial charge in [0.05, 0.1) is 24.3 Å². The van der Waals surface area contributed by atoms with Gasteiger partial charge in [0.2, 0.25) is 11.8 Å². The highest BCUT2D eigenvalue weighted by Crippen LogP contribution is 2.32. The number of para-hydroxylation sites is 1. The van der Waals surface area contributed by atoms with Gasteiger partial charge in [0.15, 0.2) is 0 Å². The van der Waals surface area contributed by atoms with Crippen LogP contribution in [-0.4, -0.2) is 28.6 Å². The van der Waals surface area contributed by atoms with E-state index in [-0.39, 0.29) is 18.4 Å². The van der Waals surface area contributed by atoms with E-state index in [0.717, 1.165) is 40.4 Å². The second-order valence-corrected chi connectivity index (χ2v) is 8.41.